The van der Waals surface area contributed by atoms with E-state index < -0.39 is 16.0 Å². The molecule has 16 heavy (non-hydrogen) atoms. The fourth-order valence-corrected chi connectivity index (χ4v) is 3.67. The SMILES string of the molecule is CCCCS(=O)C(C)C(=O)c1ccc(Cl)s1. The molecule has 0 spiro atoms. The van der Waals surface area contributed by atoms with Crippen molar-refractivity contribution in [2.75, 3.05) is 5.75 Å². The zero-order valence-corrected chi connectivity index (χ0v) is 11.8. The third-order valence-corrected chi connectivity index (χ3v) is 5.22. The quantitative estimate of drug-likeness (QED) is 0.746. The van der Waals surface area contributed by atoms with Gasteiger partial charge in [0.05, 0.1) is 14.5 Å². The van der Waals surface area contributed by atoms with E-state index in [2.05, 4.69) is 0 Å². The van der Waals surface area contributed by atoms with Crippen LogP contribution in [-0.2, 0) is 10.8 Å². The summed E-state index contributed by atoms with van der Waals surface area (Å²) >= 11 is 7.01. The van der Waals surface area contributed by atoms with Gasteiger partial charge in [0.25, 0.3) is 0 Å². The molecule has 0 aliphatic carbocycles. The van der Waals surface area contributed by atoms with Crippen LogP contribution in [0.1, 0.15) is 36.4 Å². The van der Waals surface area contributed by atoms with Crippen LogP contribution in [0.4, 0.5) is 0 Å². The van der Waals surface area contributed by atoms with Crippen molar-refractivity contribution in [3.8, 4) is 0 Å². The second kappa shape index (κ2) is 6.52. The Morgan fingerprint density at radius 3 is 2.75 bits per heavy atom. The molecule has 2 atom stereocenters. The van der Waals surface area contributed by atoms with Gasteiger partial charge in [0.15, 0.2) is 5.78 Å². The summed E-state index contributed by atoms with van der Waals surface area (Å²) in [4.78, 5) is 12.5. The second-order valence-corrected chi connectivity index (χ2v) is 7.14. The summed E-state index contributed by atoms with van der Waals surface area (Å²) < 4.78 is 12.4. The maximum absolute atomic E-state index is 11.9. The van der Waals surface area contributed by atoms with E-state index in [1.165, 1.54) is 11.3 Å². The Bertz CT molecular complexity index is 387. The van der Waals surface area contributed by atoms with Gasteiger partial charge in [0, 0.05) is 16.6 Å². The third-order valence-electron chi connectivity index (χ3n) is 2.28. The first-order chi connectivity index (χ1) is 7.56. The maximum atomic E-state index is 11.9. The lowest BCUT2D eigenvalue weighted by atomic mass is 10.2. The van der Waals surface area contributed by atoms with Gasteiger partial charge in [-0.05, 0) is 25.5 Å². The Balaban J connectivity index is 2.63. The topological polar surface area (TPSA) is 34.1 Å². The van der Waals surface area contributed by atoms with Crippen molar-refractivity contribution in [3.05, 3.63) is 21.3 Å². The summed E-state index contributed by atoms with van der Waals surface area (Å²) in [5, 5.41) is -0.429. The molecule has 1 aromatic rings. The Labute approximate surface area is 107 Å². The molecule has 0 saturated carbocycles. The van der Waals surface area contributed by atoms with Crippen LogP contribution < -0.4 is 0 Å². The number of Topliss-reactive ketones (excluding diaryl/α,β-unsaturated/α-hetero) is 1. The lowest BCUT2D eigenvalue weighted by Crippen LogP contribution is -2.23. The number of hydrogen-bond acceptors (Lipinski definition) is 3. The van der Waals surface area contributed by atoms with Crippen LogP contribution in [0.15, 0.2) is 12.1 Å². The predicted octanol–water partition coefficient (Wildman–Crippen LogP) is 3.52. The van der Waals surface area contributed by atoms with Gasteiger partial charge in [-0.25, -0.2) is 0 Å². The summed E-state index contributed by atoms with van der Waals surface area (Å²) in [5.41, 5.74) is 0. The minimum Gasteiger partial charge on any atom is -0.292 e. The highest BCUT2D eigenvalue weighted by Crippen LogP contribution is 2.23. The molecule has 0 radical (unpaired) electrons. The minimum atomic E-state index is -1.07. The van der Waals surface area contributed by atoms with E-state index in [0.717, 1.165) is 12.8 Å². The van der Waals surface area contributed by atoms with Gasteiger partial charge < -0.3 is 0 Å². The van der Waals surface area contributed by atoms with Crippen LogP contribution in [0.2, 0.25) is 4.34 Å². The predicted molar refractivity (Wildman–Crippen MR) is 71.0 cm³/mol. The van der Waals surface area contributed by atoms with Crippen LogP contribution in [0, 0.1) is 0 Å². The monoisotopic (exact) mass is 278 g/mol. The van der Waals surface area contributed by atoms with Gasteiger partial charge in [-0.15, -0.1) is 11.3 Å². The summed E-state index contributed by atoms with van der Waals surface area (Å²) in [6.45, 7) is 3.77. The van der Waals surface area contributed by atoms with Crippen LogP contribution in [-0.4, -0.2) is 21.0 Å². The Morgan fingerprint density at radius 1 is 1.56 bits per heavy atom. The molecule has 1 heterocycles. The Kier molecular flexibility index (Phi) is 5.66. The number of unbranched alkanes of at least 4 members (excludes halogenated alkanes) is 1. The molecule has 0 fully saturated rings. The van der Waals surface area contributed by atoms with Crippen LogP contribution in [0.25, 0.3) is 0 Å². The minimum absolute atomic E-state index is 0.0636. The Hall–Kier alpha value is -0.190. The summed E-state index contributed by atoms with van der Waals surface area (Å²) in [7, 11) is -1.07. The van der Waals surface area contributed by atoms with E-state index in [0.29, 0.717) is 15.0 Å². The molecule has 1 rings (SSSR count). The molecular formula is C11H15ClO2S2. The van der Waals surface area contributed by atoms with Crippen LogP contribution in [0.5, 0.6) is 0 Å². The largest absolute Gasteiger partial charge is 0.292 e. The smallest absolute Gasteiger partial charge is 0.188 e. The standard InChI is InChI=1S/C11H15ClO2S2/c1-3-4-7-16(14)8(2)11(13)9-5-6-10(12)15-9/h5-6,8H,3-4,7H2,1-2H3. The molecule has 90 valence electrons. The second-order valence-electron chi connectivity index (χ2n) is 3.55. The molecule has 0 saturated heterocycles. The fourth-order valence-electron chi connectivity index (χ4n) is 1.23. The van der Waals surface area contributed by atoms with Gasteiger partial charge in [-0.3, -0.25) is 9.00 Å². The summed E-state index contributed by atoms with van der Waals surface area (Å²) in [6, 6.07) is 3.39. The molecule has 5 heteroatoms. The van der Waals surface area contributed by atoms with Crippen molar-refractivity contribution in [2.24, 2.45) is 0 Å². The first-order valence-electron chi connectivity index (χ1n) is 5.23. The van der Waals surface area contributed by atoms with Crippen molar-refractivity contribution in [3.63, 3.8) is 0 Å². The van der Waals surface area contributed by atoms with Crippen molar-refractivity contribution in [1.82, 2.24) is 0 Å². The third kappa shape index (κ3) is 3.68. The van der Waals surface area contributed by atoms with Gasteiger partial charge >= 0.3 is 0 Å². The van der Waals surface area contributed by atoms with Crippen LogP contribution in [0.3, 0.4) is 0 Å². The Morgan fingerprint density at radius 2 is 2.25 bits per heavy atom. The van der Waals surface area contributed by atoms with Gasteiger partial charge in [-0.2, -0.15) is 0 Å². The molecular weight excluding hydrogens is 264 g/mol. The van der Waals surface area contributed by atoms with E-state index in [4.69, 9.17) is 11.6 Å². The van der Waals surface area contributed by atoms with Gasteiger partial charge in [0.2, 0.25) is 0 Å². The summed E-state index contributed by atoms with van der Waals surface area (Å²) in [5.74, 6) is 0.536. The molecule has 1 aromatic heterocycles. The molecule has 0 aliphatic rings. The molecule has 2 nitrogen and oxygen atoms in total. The first kappa shape index (κ1) is 13.9. The number of hydrogen-bond donors (Lipinski definition) is 0. The van der Waals surface area contributed by atoms with Crippen molar-refractivity contribution < 1.29 is 9.00 Å². The lowest BCUT2D eigenvalue weighted by molar-refractivity contribution is 0.0996. The van der Waals surface area contributed by atoms with Gasteiger partial charge in [-0.1, -0.05) is 24.9 Å². The average Bonchev–Trinajstić information content (AvgIpc) is 2.70. The molecule has 0 N–H and O–H groups in total. The molecule has 0 amide bonds. The van der Waals surface area contributed by atoms with E-state index in [-0.39, 0.29) is 5.78 Å². The number of halogens is 1. The highest BCUT2D eigenvalue weighted by molar-refractivity contribution is 7.86. The van der Waals surface area contributed by atoms with E-state index in [1.54, 1.807) is 19.1 Å². The highest BCUT2D eigenvalue weighted by Gasteiger charge is 2.22. The maximum Gasteiger partial charge on any atom is 0.188 e. The number of ketones is 1. The van der Waals surface area contributed by atoms with E-state index in [1.807, 2.05) is 6.92 Å². The molecule has 2 unspecified atom stereocenters. The number of thiophene rings is 1. The molecule has 0 aliphatic heterocycles. The zero-order valence-electron chi connectivity index (χ0n) is 9.36. The fraction of sp³-hybridized carbons (Fsp3) is 0.545. The highest BCUT2D eigenvalue weighted by atomic mass is 35.5. The van der Waals surface area contributed by atoms with Crippen LogP contribution >= 0.6 is 22.9 Å². The van der Waals surface area contributed by atoms with E-state index >= 15 is 0 Å². The van der Waals surface area contributed by atoms with E-state index in [9.17, 15) is 9.00 Å². The average molecular weight is 279 g/mol. The molecule has 0 bridgehead atoms. The van der Waals surface area contributed by atoms with Gasteiger partial charge in [0.1, 0.15) is 0 Å². The number of carbonyl (C=O) groups excluding carboxylic acids is 1. The zero-order chi connectivity index (χ0) is 12.1. The number of rotatable bonds is 6. The van der Waals surface area contributed by atoms with Crippen molar-refractivity contribution in [1.29, 1.82) is 0 Å². The first-order valence-corrected chi connectivity index (χ1v) is 7.80. The lowest BCUT2D eigenvalue weighted by Gasteiger charge is -2.08. The number of carbonyl (C=O) groups is 1. The molecule has 0 aromatic carbocycles. The van der Waals surface area contributed by atoms with Crippen molar-refractivity contribution >= 4 is 39.5 Å². The van der Waals surface area contributed by atoms with Crippen molar-refractivity contribution in [2.45, 2.75) is 31.9 Å². The summed E-state index contributed by atoms with van der Waals surface area (Å²) in [6.07, 6.45) is 1.90. The normalized spacial score (nSPS) is 14.7.